The molecule has 2 heterocycles. The first-order chi connectivity index (χ1) is 8.65. The summed E-state index contributed by atoms with van der Waals surface area (Å²) in [5.41, 5.74) is 4.54. The Morgan fingerprint density at radius 2 is 2.17 bits per heavy atom. The number of aromatic nitrogens is 2. The molecule has 1 aliphatic carbocycles. The number of fused-ring (bicyclic) bond motifs is 1. The summed E-state index contributed by atoms with van der Waals surface area (Å²) in [5.74, 6) is 0.961. The summed E-state index contributed by atoms with van der Waals surface area (Å²) in [6.45, 7) is 4.10. The van der Waals surface area contributed by atoms with E-state index >= 15 is 0 Å². The Labute approximate surface area is 107 Å². The highest BCUT2D eigenvalue weighted by Crippen LogP contribution is 2.31. The predicted molar refractivity (Wildman–Crippen MR) is 70.9 cm³/mol. The summed E-state index contributed by atoms with van der Waals surface area (Å²) >= 11 is 0. The lowest BCUT2D eigenvalue weighted by molar-refractivity contribution is 0.156. The lowest BCUT2D eigenvalue weighted by atomic mass is 9.95. The van der Waals surface area contributed by atoms with Crippen LogP contribution in [-0.2, 0) is 6.42 Å². The molecule has 1 aliphatic rings. The highest BCUT2D eigenvalue weighted by molar-refractivity contribution is 5.38. The van der Waals surface area contributed by atoms with E-state index in [0.717, 1.165) is 36.3 Å². The second-order valence-electron chi connectivity index (χ2n) is 5.14. The second kappa shape index (κ2) is 4.25. The molecule has 3 nitrogen and oxygen atoms in total. The summed E-state index contributed by atoms with van der Waals surface area (Å²) < 4.78 is 2.12. The van der Waals surface area contributed by atoms with Gasteiger partial charge in [0.05, 0.1) is 6.10 Å². The van der Waals surface area contributed by atoms with Gasteiger partial charge in [0.15, 0.2) is 0 Å². The maximum atomic E-state index is 10.00. The number of pyridine rings is 1. The number of nitrogens with zero attached hydrogens (tertiary/aromatic N) is 2. The Balaban J connectivity index is 2.12. The lowest BCUT2D eigenvalue weighted by Crippen LogP contribution is -2.11. The van der Waals surface area contributed by atoms with Crippen molar-refractivity contribution >= 4 is 0 Å². The number of hydrogen-bond donors (Lipinski definition) is 1. The van der Waals surface area contributed by atoms with Gasteiger partial charge in [-0.1, -0.05) is 0 Å². The van der Waals surface area contributed by atoms with Crippen LogP contribution in [0, 0.1) is 13.8 Å². The maximum absolute atomic E-state index is 10.00. The van der Waals surface area contributed by atoms with Gasteiger partial charge in [0, 0.05) is 23.1 Å². The Hall–Kier alpha value is -1.61. The largest absolute Gasteiger partial charge is 0.388 e. The molecular formula is C15H18N2O. The minimum absolute atomic E-state index is 0.305. The van der Waals surface area contributed by atoms with Gasteiger partial charge < -0.3 is 9.67 Å². The van der Waals surface area contributed by atoms with Crippen LogP contribution in [0.3, 0.4) is 0 Å². The molecule has 0 aliphatic heterocycles. The van der Waals surface area contributed by atoms with E-state index in [0.29, 0.717) is 0 Å². The monoisotopic (exact) mass is 242 g/mol. The van der Waals surface area contributed by atoms with Gasteiger partial charge in [0.1, 0.15) is 5.82 Å². The van der Waals surface area contributed by atoms with Crippen molar-refractivity contribution in [2.24, 2.45) is 0 Å². The van der Waals surface area contributed by atoms with E-state index in [9.17, 15) is 5.11 Å². The van der Waals surface area contributed by atoms with E-state index in [1.54, 1.807) is 0 Å². The zero-order valence-corrected chi connectivity index (χ0v) is 10.8. The molecule has 0 saturated carbocycles. The van der Waals surface area contributed by atoms with Gasteiger partial charge in [-0.3, -0.25) is 0 Å². The first-order valence-corrected chi connectivity index (χ1v) is 6.49. The fourth-order valence-electron chi connectivity index (χ4n) is 2.82. The van der Waals surface area contributed by atoms with Crippen LogP contribution < -0.4 is 0 Å². The molecule has 18 heavy (non-hydrogen) atoms. The second-order valence-corrected chi connectivity index (χ2v) is 5.14. The van der Waals surface area contributed by atoms with Crippen molar-refractivity contribution in [2.75, 3.05) is 0 Å². The molecular weight excluding hydrogens is 224 g/mol. The first-order valence-electron chi connectivity index (χ1n) is 6.49. The zero-order valence-electron chi connectivity index (χ0n) is 10.8. The van der Waals surface area contributed by atoms with Gasteiger partial charge in [-0.2, -0.15) is 0 Å². The molecule has 0 amide bonds. The van der Waals surface area contributed by atoms with Crippen LogP contribution in [0.25, 0.3) is 5.82 Å². The molecule has 1 N–H and O–H groups in total. The van der Waals surface area contributed by atoms with E-state index in [2.05, 4.69) is 28.6 Å². The van der Waals surface area contributed by atoms with Crippen molar-refractivity contribution in [1.29, 1.82) is 0 Å². The average Bonchev–Trinajstić information content (AvgIpc) is 2.73. The van der Waals surface area contributed by atoms with Crippen LogP contribution in [0.15, 0.2) is 24.4 Å². The van der Waals surface area contributed by atoms with Gasteiger partial charge in [-0.25, -0.2) is 4.98 Å². The van der Waals surface area contributed by atoms with E-state index in [1.165, 1.54) is 11.3 Å². The Morgan fingerprint density at radius 3 is 2.94 bits per heavy atom. The summed E-state index contributed by atoms with van der Waals surface area (Å²) in [4.78, 5) is 4.59. The van der Waals surface area contributed by atoms with Gasteiger partial charge in [-0.05, 0) is 56.9 Å². The van der Waals surface area contributed by atoms with Crippen LogP contribution >= 0.6 is 0 Å². The third-order valence-electron chi connectivity index (χ3n) is 3.61. The normalized spacial score (nSPS) is 18.7. The number of aryl methyl sites for hydroxylation is 2. The van der Waals surface area contributed by atoms with Gasteiger partial charge in [0.25, 0.3) is 0 Å². The summed E-state index contributed by atoms with van der Waals surface area (Å²) in [6.07, 6.45) is 4.66. The van der Waals surface area contributed by atoms with Crippen molar-refractivity contribution in [3.05, 3.63) is 46.9 Å². The van der Waals surface area contributed by atoms with Crippen LogP contribution in [0.2, 0.25) is 0 Å². The zero-order chi connectivity index (χ0) is 12.7. The smallest absolute Gasteiger partial charge is 0.137 e. The molecule has 0 fully saturated rings. The van der Waals surface area contributed by atoms with Crippen LogP contribution in [0.5, 0.6) is 0 Å². The minimum atomic E-state index is -0.305. The third-order valence-corrected chi connectivity index (χ3v) is 3.61. The molecule has 3 rings (SSSR count). The Bertz CT molecular complexity index is 566. The van der Waals surface area contributed by atoms with Crippen molar-refractivity contribution in [3.63, 3.8) is 0 Å². The quantitative estimate of drug-likeness (QED) is 0.835. The van der Waals surface area contributed by atoms with Crippen molar-refractivity contribution < 1.29 is 5.11 Å². The Morgan fingerprint density at radius 1 is 1.33 bits per heavy atom. The molecule has 1 atom stereocenters. The molecule has 1 unspecified atom stereocenters. The molecule has 94 valence electrons. The predicted octanol–water partition coefficient (Wildman–Crippen LogP) is 2.86. The highest BCUT2D eigenvalue weighted by atomic mass is 16.3. The molecule has 0 bridgehead atoms. The van der Waals surface area contributed by atoms with Crippen molar-refractivity contribution in [3.8, 4) is 5.82 Å². The first kappa shape index (κ1) is 11.5. The SMILES string of the molecule is Cc1cc(C)nc(-n2ccc3c2CCCC3O)c1. The molecule has 0 saturated heterocycles. The highest BCUT2D eigenvalue weighted by Gasteiger charge is 2.21. The van der Waals surface area contributed by atoms with E-state index in [-0.39, 0.29) is 6.10 Å². The summed E-state index contributed by atoms with van der Waals surface area (Å²) in [5, 5.41) is 10.00. The van der Waals surface area contributed by atoms with Crippen molar-refractivity contribution in [1.82, 2.24) is 9.55 Å². The summed E-state index contributed by atoms with van der Waals surface area (Å²) in [7, 11) is 0. The van der Waals surface area contributed by atoms with Gasteiger partial charge in [-0.15, -0.1) is 0 Å². The molecule has 2 aromatic rings. The molecule has 0 radical (unpaired) electrons. The van der Waals surface area contributed by atoms with Gasteiger partial charge in [0.2, 0.25) is 0 Å². The molecule has 0 spiro atoms. The van der Waals surface area contributed by atoms with Gasteiger partial charge >= 0.3 is 0 Å². The number of aliphatic hydroxyl groups excluding tert-OH is 1. The topological polar surface area (TPSA) is 38.0 Å². The number of aliphatic hydroxyl groups is 1. The third kappa shape index (κ3) is 1.85. The van der Waals surface area contributed by atoms with E-state index in [4.69, 9.17) is 0 Å². The molecule has 2 aromatic heterocycles. The van der Waals surface area contributed by atoms with E-state index < -0.39 is 0 Å². The fourth-order valence-corrected chi connectivity index (χ4v) is 2.82. The average molecular weight is 242 g/mol. The minimum Gasteiger partial charge on any atom is -0.388 e. The van der Waals surface area contributed by atoms with Crippen LogP contribution in [-0.4, -0.2) is 14.7 Å². The van der Waals surface area contributed by atoms with Crippen LogP contribution in [0.4, 0.5) is 0 Å². The van der Waals surface area contributed by atoms with Crippen LogP contribution in [0.1, 0.15) is 41.5 Å². The maximum Gasteiger partial charge on any atom is 0.137 e. The van der Waals surface area contributed by atoms with Crippen molar-refractivity contribution in [2.45, 2.75) is 39.2 Å². The lowest BCUT2D eigenvalue weighted by Gasteiger charge is -2.20. The Kier molecular flexibility index (Phi) is 2.71. The number of hydrogen-bond acceptors (Lipinski definition) is 2. The standard InChI is InChI=1S/C15H18N2O/c1-10-8-11(2)16-15(9-10)17-7-6-12-13(17)4-3-5-14(12)18/h6-9,14,18H,3-5H2,1-2H3. The van der Waals surface area contributed by atoms with E-state index in [1.807, 2.05) is 19.2 Å². The molecule has 3 heteroatoms. The fraction of sp³-hybridized carbons (Fsp3) is 0.400. The summed E-state index contributed by atoms with van der Waals surface area (Å²) in [6, 6.07) is 6.20. The molecule has 0 aromatic carbocycles. The number of rotatable bonds is 1.